The SMILES string of the molecule is CCCc1cncc(CC(=O)OCCF)c1. The third kappa shape index (κ3) is 4.38. The van der Waals surface area contributed by atoms with Crippen molar-refractivity contribution in [1.29, 1.82) is 0 Å². The summed E-state index contributed by atoms with van der Waals surface area (Å²) < 4.78 is 16.4. The second kappa shape index (κ2) is 6.93. The van der Waals surface area contributed by atoms with E-state index in [1.807, 2.05) is 6.07 Å². The molecule has 0 fully saturated rings. The smallest absolute Gasteiger partial charge is 0.310 e. The minimum absolute atomic E-state index is 0.157. The Morgan fingerprint density at radius 1 is 1.44 bits per heavy atom. The first-order chi connectivity index (χ1) is 7.76. The van der Waals surface area contributed by atoms with Gasteiger partial charge in [-0.2, -0.15) is 0 Å². The van der Waals surface area contributed by atoms with Gasteiger partial charge in [0.1, 0.15) is 13.3 Å². The molecule has 0 aromatic carbocycles. The highest BCUT2D eigenvalue weighted by atomic mass is 19.1. The van der Waals surface area contributed by atoms with Crippen LogP contribution < -0.4 is 0 Å². The molecule has 0 amide bonds. The number of alkyl halides is 1. The zero-order chi connectivity index (χ0) is 11.8. The first-order valence-electron chi connectivity index (χ1n) is 5.40. The van der Waals surface area contributed by atoms with Crippen molar-refractivity contribution in [2.24, 2.45) is 0 Å². The molecular weight excluding hydrogens is 209 g/mol. The van der Waals surface area contributed by atoms with E-state index in [0.717, 1.165) is 24.0 Å². The first kappa shape index (κ1) is 12.6. The van der Waals surface area contributed by atoms with E-state index in [-0.39, 0.29) is 13.0 Å². The molecule has 0 saturated carbocycles. The minimum Gasteiger partial charge on any atom is -0.463 e. The lowest BCUT2D eigenvalue weighted by Gasteiger charge is -2.04. The molecule has 3 nitrogen and oxygen atoms in total. The van der Waals surface area contributed by atoms with Crippen LogP contribution in [-0.2, 0) is 22.4 Å². The van der Waals surface area contributed by atoms with Crippen molar-refractivity contribution >= 4 is 5.97 Å². The lowest BCUT2D eigenvalue weighted by molar-refractivity contribution is -0.143. The van der Waals surface area contributed by atoms with Gasteiger partial charge in [0, 0.05) is 12.4 Å². The third-order valence-electron chi connectivity index (χ3n) is 2.08. The highest BCUT2D eigenvalue weighted by molar-refractivity contribution is 5.72. The minimum atomic E-state index is -0.639. The molecule has 0 aliphatic rings. The Bertz CT molecular complexity index is 342. The van der Waals surface area contributed by atoms with Crippen molar-refractivity contribution < 1.29 is 13.9 Å². The summed E-state index contributed by atoms with van der Waals surface area (Å²) >= 11 is 0. The molecule has 0 aliphatic carbocycles. The highest BCUT2D eigenvalue weighted by Gasteiger charge is 2.05. The predicted octanol–water partition coefficient (Wildman–Crippen LogP) is 2.09. The molecule has 0 spiro atoms. The van der Waals surface area contributed by atoms with E-state index >= 15 is 0 Å². The monoisotopic (exact) mass is 225 g/mol. The molecule has 0 atom stereocenters. The summed E-state index contributed by atoms with van der Waals surface area (Å²) in [5.74, 6) is -0.409. The van der Waals surface area contributed by atoms with Crippen LogP contribution in [0.25, 0.3) is 0 Å². The van der Waals surface area contributed by atoms with E-state index in [1.165, 1.54) is 0 Å². The van der Waals surface area contributed by atoms with Crippen LogP contribution in [0.15, 0.2) is 18.5 Å². The average Bonchev–Trinajstić information content (AvgIpc) is 2.27. The molecule has 0 N–H and O–H groups in total. The second-order valence-electron chi connectivity index (χ2n) is 3.54. The van der Waals surface area contributed by atoms with Crippen LogP contribution in [0.2, 0.25) is 0 Å². The third-order valence-corrected chi connectivity index (χ3v) is 2.08. The fraction of sp³-hybridized carbons (Fsp3) is 0.500. The van der Waals surface area contributed by atoms with Crippen molar-refractivity contribution in [3.05, 3.63) is 29.6 Å². The lowest BCUT2D eigenvalue weighted by atomic mass is 10.1. The van der Waals surface area contributed by atoms with Crippen LogP contribution >= 0.6 is 0 Å². The molecule has 0 saturated heterocycles. The zero-order valence-corrected chi connectivity index (χ0v) is 9.41. The number of aryl methyl sites for hydroxylation is 1. The predicted molar refractivity (Wildman–Crippen MR) is 58.9 cm³/mol. The van der Waals surface area contributed by atoms with Crippen LogP contribution in [0.4, 0.5) is 4.39 Å². The fourth-order valence-electron chi connectivity index (χ4n) is 1.43. The van der Waals surface area contributed by atoms with E-state index in [4.69, 9.17) is 0 Å². The maximum Gasteiger partial charge on any atom is 0.310 e. The van der Waals surface area contributed by atoms with Gasteiger partial charge in [-0.1, -0.05) is 19.4 Å². The van der Waals surface area contributed by atoms with Gasteiger partial charge in [-0.15, -0.1) is 0 Å². The maximum absolute atomic E-state index is 11.8. The van der Waals surface area contributed by atoms with E-state index in [2.05, 4.69) is 16.6 Å². The Morgan fingerprint density at radius 3 is 2.88 bits per heavy atom. The Morgan fingerprint density at radius 2 is 2.19 bits per heavy atom. The van der Waals surface area contributed by atoms with Gasteiger partial charge in [0.2, 0.25) is 0 Å². The topological polar surface area (TPSA) is 39.2 Å². The number of halogens is 1. The van der Waals surface area contributed by atoms with Crippen LogP contribution in [0, 0.1) is 0 Å². The first-order valence-corrected chi connectivity index (χ1v) is 5.40. The Hall–Kier alpha value is -1.45. The maximum atomic E-state index is 11.8. The molecule has 0 radical (unpaired) electrons. The molecule has 0 aliphatic heterocycles. The van der Waals surface area contributed by atoms with E-state index < -0.39 is 12.6 Å². The van der Waals surface area contributed by atoms with E-state index in [1.54, 1.807) is 12.4 Å². The lowest BCUT2D eigenvalue weighted by Crippen LogP contribution is -2.10. The van der Waals surface area contributed by atoms with Gasteiger partial charge in [-0.25, -0.2) is 4.39 Å². The van der Waals surface area contributed by atoms with Crippen molar-refractivity contribution in [1.82, 2.24) is 4.98 Å². The molecule has 0 bridgehead atoms. The number of rotatable bonds is 6. The van der Waals surface area contributed by atoms with Gasteiger partial charge in [0.25, 0.3) is 0 Å². The number of esters is 1. The van der Waals surface area contributed by atoms with Gasteiger partial charge in [0.15, 0.2) is 0 Å². The summed E-state index contributed by atoms with van der Waals surface area (Å²) in [7, 11) is 0. The number of ether oxygens (including phenoxy) is 1. The Labute approximate surface area is 94.6 Å². The van der Waals surface area contributed by atoms with Crippen molar-refractivity contribution in [3.8, 4) is 0 Å². The van der Waals surface area contributed by atoms with E-state index in [9.17, 15) is 9.18 Å². The van der Waals surface area contributed by atoms with Gasteiger partial charge in [-0.3, -0.25) is 9.78 Å². The van der Waals surface area contributed by atoms with Crippen LogP contribution in [0.5, 0.6) is 0 Å². The number of carbonyl (C=O) groups excluding carboxylic acids is 1. The Balaban J connectivity index is 2.52. The van der Waals surface area contributed by atoms with Gasteiger partial charge in [-0.05, 0) is 17.5 Å². The molecular formula is C12H16FNO2. The molecule has 1 heterocycles. The number of pyridine rings is 1. The second-order valence-corrected chi connectivity index (χ2v) is 3.54. The molecule has 88 valence electrons. The molecule has 1 aromatic rings. The van der Waals surface area contributed by atoms with Crippen LogP contribution in [-0.4, -0.2) is 24.2 Å². The number of hydrogen-bond donors (Lipinski definition) is 0. The number of nitrogens with zero attached hydrogens (tertiary/aromatic N) is 1. The van der Waals surface area contributed by atoms with Crippen LogP contribution in [0.1, 0.15) is 24.5 Å². The largest absolute Gasteiger partial charge is 0.463 e. The summed E-state index contributed by atoms with van der Waals surface area (Å²) in [5, 5.41) is 0. The number of aromatic nitrogens is 1. The van der Waals surface area contributed by atoms with E-state index in [0.29, 0.717) is 0 Å². The molecule has 1 rings (SSSR count). The summed E-state index contributed by atoms with van der Waals surface area (Å²) in [6, 6.07) is 1.94. The van der Waals surface area contributed by atoms with Crippen molar-refractivity contribution in [2.45, 2.75) is 26.2 Å². The molecule has 16 heavy (non-hydrogen) atoms. The van der Waals surface area contributed by atoms with Crippen molar-refractivity contribution in [3.63, 3.8) is 0 Å². The quantitative estimate of drug-likeness (QED) is 0.696. The number of hydrogen-bond acceptors (Lipinski definition) is 3. The summed E-state index contributed by atoms with van der Waals surface area (Å²) in [5.41, 5.74) is 1.92. The van der Waals surface area contributed by atoms with Crippen LogP contribution in [0.3, 0.4) is 0 Å². The Kier molecular flexibility index (Phi) is 5.46. The average molecular weight is 225 g/mol. The zero-order valence-electron chi connectivity index (χ0n) is 9.41. The van der Waals surface area contributed by atoms with Gasteiger partial charge in [0.05, 0.1) is 6.42 Å². The molecule has 0 unspecified atom stereocenters. The molecule has 1 aromatic heterocycles. The fourth-order valence-corrected chi connectivity index (χ4v) is 1.43. The standard InChI is InChI=1S/C12H16FNO2/c1-2-3-10-6-11(9-14-8-10)7-12(15)16-5-4-13/h6,8-9H,2-5,7H2,1H3. The highest BCUT2D eigenvalue weighted by Crippen LogP contribution is 2.06. The summed E-state index contributed by atoms with van der Waals surface area (Å²) in [6.07, 6.45) is 5.57. The van der Waals surface area contributed by atoms with Crippen molar-refractivity contribution in [2.75, 3.05) is 13.3 Å². The number of carbonyl (C=O) groups is 1. The van der Waals surface area contributed by atoms with Gasteiger partial charge >= 0.3 is 5.97 Å². The normalized spacial score (nSPS) is 10.1. The summed E-state index contributed by atoms with van der Waals surface area (Å²) in [4.78, 5) is 15.3. The molecule has 4 heteroatoms. The summed E-state index contributed by atoms with van der Waals surface area (Å²) in [6.45, 7) is 1.28. The van der Waals surface area contributed by atoms with Gasteiger partial charge < -0.3 is 4.74 Å².